The smallest absolute Gasteiger partial charge is 0.0458 e. The van der Waals surface area contributed by atoms with Crippen molar-refractivity contribution in [3.8, 4) is 0 Å². The van der Waals surface area contributed by atoms with Gasteiger partial charge in [-0.1, -0.05) is 49.4 Å². The molecule has 0 aliphatic heterocycles. The Balaban J connectivity index is 1.98. The minimum absolute atomic E-state index is 1.000. The standard InChI is InChI=1S/C18H19N/c1-3-14-8-10-15(11-9-14)12-17-13(2)19-18-7-5-4-6-16(17)18/h4-11,19H,3,12H2,1-2H3. The maximum absolute atomic E-state index is 3.47. The van der Waals surface area contributed by atoms with E-state index in [1.807, 2.05) is 0 Å². The average molecular weight is 249 g/mol. The minimum atomic E-state index is 1.000. The van der Waals surface area contributed by atoms with Crippen molar-refractivity contribution < 1.29 is 0 Å². The fourth-order valence-corrected chi connectivity index (χ4v) is 2.66. The molecule has 0 aliphatic carbocycles. The molecule has 3 rings (SSSR count). The number of aromatic amines is 1. The third-order valence-corrected chi connectivity index (χ3v) is 3.84. The zero-order valence-electron chi connectivity index (χ0n) is 11.5. The molecule has 1 heteroatoms. The number of nitrogens with one attached hydrogen (secondary N) is 1. The second-order valence-corrected chi connectivity index (χ2v) is 5.12. The van der Waals surface area contributed by atoms with Gasteiger partial charge in [-0.05, 0) is 42.5 Å². The molecule has 1 aromatic heterocycles. The molecule has 0 saturated heterocycles. The Labute approximate surface area is 114 Å². The fourth-order valence-electron chi connectivity index (χ4n) is 2.66. The molecule has 0 fully saturated rings. The Morgan fingerprint density at radius 3 is 2.32 bits per heavy atom. The molecule has 0 saturated carbocycles. The van der Waals surface area contributed by atoms with Crippen molar-refractivity contribution in [3.63, 3.8) is 0 Å². The van der Waals surface area contributed by atoms with Crippen LogP contribution in [-0.4, -0.2) is 4.98 Å². The highest BCUT2D eigenvalue weighted by Crippen LogP contribution is 2.24. The third kappa shape index (κ3) is 2.28. The van der Waals surface area contributed by atoms with Crippen molar-refractivity contribution in [2.45, 2.75) is 26.7 Å². The zero-order valence-corrected chi connectivity index (χ0v) is 11.5. The Hall–Kier alpha value is -2.02. The zero-order chi connectivity index (χ0) is 13.2. The van der Waals surface area contributed by atoms with Crippen LogP contribution >= 0.6 is 0 Å². The summed E-state index contributed by atoms with van der Waals surface area (Å²) in [5.41, 5.74) is 6.71. The summed E-state index contributed by atoms with van der Waals surface area (Å²) in [6, 6.07) is 17.5. The number of hydrogen-bond donors (Lipinski definition) is 1. The number of H-pyrrole nitrogens is 1. The van der Waals surface area contributed by atoms with Gasteiger partial charge >= 0.3 is 0 Å². The van der Waals surface area contributed by atoms with Crippen LogP contribution in [0.3, 0.4) is 0 Å². The van der Waals surface area contributed by atoms with Crippen LogP contribution in [0, 0.1) is 6.92 Å². The molecule has 2 aromatic carbocycles. The van der Waals surface area contributed by atoms with E-state index in [1.54, 1.807) is 0 Å². The number of aryl methyl sites for hydroxylation is 2. The van der Waals surface area contributed by atoms with Crippen LogP contribution in [0.2, 0.25) is 0 Å². The van der Waals surface area contributed by atoms with Crippen molar-refractivity contribution in [3.05, 3.63) is 70.9 Å². The lowest BCUT2D eigenvalue weighted by atomic mass is 10.0. The predicted octanol–water partition coefficient (Wildman–Crippen LogP) is 4.63. The Bertz CT molecular complexity index is 689. The van der Waals surface area contributed by atoms with E-state index in [0.29, 0.717) is 0 Å². The molecule has 0 atom stereocenters. The van der Waals surface area contributed by atoms with Gasteiger partial charge in [0.1, 0.15) is 0 Å². The van der Waals surface area contributed by atoms with Gasteiger partial charge in [-0.2, -0.15) is 0 Å². The van der Waals surface area contributed by atoms with Gasteiger partial charge in [0.25, 0.3) is 0 Å². The lowest BCUT2D eigenvalue weighted by Crippen LogP contribution is -1.90. The van der Waals surface area contributed by atoms with Gasteiger partial charge in [0.15, 0.2) is 0 Å². The van der Waals surface area contributed by atoms with Crippen molar-refractivity contribution in [2.75, 3.05) is 0 Å². The van der Waals surface area contributed by atoms with Crippen LogP contribution in [0.25, 0.3) is 10.9 Å². The number of hydrogen-bond acceptors (Lipinski definition) is 0. The van der Waals surface area contributed by atoms with E-state index < -0.39 is 0 Å². The molecule has 0 amide bonds. The summed E-state index contributed by atoms with van der Waals surface area (Å²) in [4.78, 5) is 3.47. The van der Waals surface area contributed by atoms with Crippen LogP contribution in [-0.2, 0) is 12.8 Å². The van der Waals surface area contributed by atoms with E-state index >= 15 is 0 Å². The van der Waals surface area contributed by atoms with Gasteiger partial charge in [0, 0.05) is 16.6 Å². The maximum Gasteiger partial charge on any atom is 0.0458 e. The van der Waals surface area contributed by atoms with Crippen LogP contribution < -0.4 is 0 Å². The molecule has 0 unspecified atom stereocenters. The Kier molecular flexibility index (Phi) is 3.12. The first kappa shape index (κ1) is 12.0. The number of aromatic nitrogens is 1. The van der Waals surface area contributed by atoms with Crippen molar-refractivity contribution in [1.29, 1.82) is 0 Å². The predicted molar refractivity (Wildman–Crippen MR) is 81.7 cm³/mol. The normalized spacial score (nSPS) is 11.1. The first-order valence-electron chi connectivity index (χ1n) is 6.92. The van der Waals surface area contributed by atoms with Crippen LogP contribution in [0.1, 0.15) is 29.3 Å². The molecule has 0 bridgehead atoms. The lowest BCUT2D eigenvalue weighted by molar-refractivity contribution is 1.11. The molecule has 3 aromatic rings. The second-order valence-electron chi connectivity index (χ2n) is 5.12. The summed E-state index contributed by atoms with van der Waals surface area (Å²) in [5.74, 6) is 0. The van der Waals surface area contributed by atoms with E-state index in [9.17, 15) is 0 Å². The van der Waals surface area contributed by atoms with Gasteiger partial charge in [0.05, 0.1) is 0 Å². The maximum atomic E-state index is 3.47. The highest BCUT2D eigenvalue weighted by atomic mass is 14.7. The van der Waals surface area contributed by atoms with E-state index in [2.05, 4.69) is 67.4 Å². The molecule has 19 heavy (non-hydrogen) atoms. The summed E-state index contributed by atoms with van der Waals surface area (Å²) in [6.45, 7) is 4.36. The van der Waals surface area contributed by atoms with E-state index in [-0.39, 0.29) is 0 Å². The summed E-state index contributed by atoms with van der Waals surface area (Å²) >= 11 is 0. The molecule has 0 spiro atoms. The molecular weight excluding hydrogens is 230 g/mol. The topological polar surface area (TPSA) is 15.8 Å². The third-order valence-electron chi connectivity index (χ3n) is 3.84. The summed E-state index contributed by atoms with van der Waals surface area (Å²) in [7, 11) is 0. The summed E-state index contributed by atoms with van der Waals surface area (Å²) in [6.07, 6.45) is 2.10. The van der Waals surface area contributed by atoms with Crippen LogP contribution in [0.5, 0.6) is 0 Å². The molecular formula is C18H19N. The minimum Gasteiger partial charge on any atom is -0.358 e. The molecule has 1 N–H and O–H groups in total. The highest BCUT2D eigenvalue weighted by Gasteiger charge is 2.08. The van der Waals surface area contributed by atoms with Gasteiger partial charge in [-0.3, -0.25) is 0 Å². The molecule has 96 valence electrons. The van der Waals surface area contributed by atoms with Crippen LogP contribution in [0.15, 0.2) is 48.5 Å². The van der Waals surface area contributed by atoms with Crippen LogP contribution in [0.4, 0.5) is 0 Å². The number of fused-ring (bicyclic) bond motifs is 1. The van der Waals surface area contributed by atoms with Crippen molar-refractivity contribution in [1.82, 2.24) is 4.98 Å². The monoisotopic (exact) mass is 249 g/mol. The average Bonchev–Trinajstić information content (AvgIpc) is 2.76. The quantitative estimate of drug-likeness (QED) is 0.696. The van der Waals surface area contributed by atoms with Gasteiger partial charge < -0.3 is 4.98 Å². The van der Waals surface area contributed by atoms with Gasteiger partial charge in [0.2, 0.25) is 0 Å². The Morgan fingerprint density at radius 1 is 0.895 bits per heavy atom. The van der Waals surface area contributed by atoms with E-state index in [1.165, 1.54) is 33.3 Å². The van der Waals surface area contributed by atoms with Gasteiger partial charge in [-0.15, -0.1) is 0 Å². The van der Waals surface area contributed by atoms with Gasteiger partial charge in [-0.25, -0.2) is 0 Å². The SMILES string of the molecule is CCc1ccc(Cc2c(C)[nH]c3ccccc23)cc1. The highest BCUT2D eigenvalue weighted by molar-refractivity contribution is 5.84. The molecule has 0 aliphatic rings. The molecule has 0 radical (unpaired) electrons. The lowest BCUT2D eigenvalue weighted by Gasteiger charge is -2.04. The van der Waals surface area contributed by atoms with E-state index in [4.69, 9.17) is 0 Å². The Morgan fingerprint density at radius 2 is 1.58 bits per heavy atom. The second kappa shape index (κ2) is 4.93. The number of benzene rings is 2. The van der Waals surface area contributed by atoms with E-state index in [0.717, 1.165) is 12.8 Å². The largest absolute Gasteiger partial charge is 0.358 e. The fraction of sp³-hybridized carbons (Fsp3) is 0.222. The first-order valence-corrected chi connectivity index (χ1v) is 6.92. The number of rotatable bonds is 3. The van der Waals surface area contributed by atoms with Crippen molar-refractivity contribution in [2.24, 2.45) is 0 Å². The summed E-state index contributed by atoms with van der Waals surface area (Å²) in [5, 5.41) is 1.35. The van der Waals surface area contributed by atoms with Crippen molar-refractivity contribution >= 4 is 10.9 Å². The molecule has 1 heterocycles. The first-order chi connectivity index (χ1) is 9.28. The summed E-state index contributed by atoms with van der Waals surface area (Å²) < 4.78 is 0. The molecule has 1 nitrogen and oxygen atoms in total. The number of para-hydroxylation sites is 1.